The van der Waals surface area contributed by atoms with E-state index in [2.05, 4.69) is 25.6 Å². The molecule has 1 atom stereocenters. The van der Waals surface area contributed by atoms with Crippen molar-refractivity contribution in [2.24, 2.45) is 0 Å². The molecule has 1 amide bonds. The van der Waals surface area contributed by atoms with Crippen molar-refractivity contribution < 1.29 is 14.3 Å². The zero-order valence-electron chi connectivity index (χ0n) is 18.4. The molecule has 1 aliphatic heterocycles. The predicted molar refractivity (Wildman–Crippen MR) is 122 cm³/mol. The monoisotopic (exact) mass is 442 g/mol. The molecule has 1 aliphatic carbocycles. The number of aromatic nitrogens is 3. The van der Waals surface area contributed by atoms with Gasteiger partial charge in [0.2, 0.25) is 11.9 Å². The van der Waals surface area contributed by atoms with Gasteiger partial charge in [0.05, 0.1) is 29.2 Å². The van der Waals surface area contributed by atoms with Crippen LogP contribution in [-0.4, -0.2) is 57.4 Å². The first-order valence-corrected chi connectivity index (χ1v) is 11.5. The van der Waals surface area contributed by atoms with Gasteiger partial charge in [-0.1, -0.05) is 6.92 Å². The Hall–Kier alpha value is -2.81. The molecule has 3 N–H and O–H groups in total. The lowest BCUT2D eigenvalue weighted by Gasteiger charge is -2.27. The Balaban J connectivity index is 1.57. The van der Waals surface area contributed by atoms with Gasteiger partial charge in [-0.05, 0) is 50.7 Å². The minimum Gasteiger partial charge on any atom is -0.393 e. The molecular weight excluding hydrogens is 411 g/mol. The second-order valence-corrected chi connectivity index (χ2v) is 8.54. The molecule has 172 valence electrons. The number of amides is 1. The third-order valence-corrected chi connectivity index (χ3v) is 6.16. The summed E-state index contributed by atoms with van der Waals surface area (Å²) in [6.45, 7) is 2.67. The molecule has 3 heterocycles. The van der Waals surface area contributed by atoms with Crippen LogP contribution in [0.1, 0.15) is 51.9 Å². The van der Waals surface area contributed by atoms with Crippen LogP contribution in [0.25, 0.3) is 11.3 Å². The van der Waals surface area contributed by atoms with Crippen LogP contribution in [0.3, 0.4) is 0 Å². The summed E-state index contributed by atoms with van der Waals surface area (Å²) in [6, 6.07) is 3.95. The first-order valence-electron chi connectivity index (χ1n) is 11.5. The number of aliphatic hydroxyl groups is 1. The largest absolute Gasteiger partial charge is 0.393 e. The highest BCUT2D eigenvalue weighted by molar-refractivity contribution is 5.95. The van der Waals surface area contributed by atoms with Crippen LogP contribution in [0.2, 0.25) is 0 Å². The van der Waals surface area contributed by atoms with E-state index in [0.717, 1.165) is 49.9 Å². The Kier molecular flexibility index (Phi) is 7.14. The van der Waals surface area contributed by atoms with Crippen LogP contribution in [0.4, 0.5) is 21.8 Å². The van der Waals surface area contributed by atoms with Gasteiger partial charge in [0.25, 0.3) is 0 Å². The Morgan fingerprint density at radius 3 is 2.69 bits per heavy atom. The van der Waals surface area contributed by atoms with E-state index in [-0.39, 0.29) is 24.6 Å². The number of nitrogens with zero attached hydrogens (tertiary/aromatic N) is 4. The quantitative estimate of drug-likeness (QED) is 0.574. The number of rotatable bonds is 8. The van der Waals surface area contributed by atoms with Crippen LogP contribution in [0, 0.1) is 0 Å². The predicted octanol–water partition coefficient (Wildman–Crippen LogP) is 3.54. The van der Waals surface area contributed by atoms with Gasteiger partial charge in [0.15, 0.2) is 0 Å². The summed E-state index contributed by atoms with van der Waals surface area (Å²) < 4.78 is 13.7. The third-order valence-electron chi connectivity index (χ3n) is 6.16. The number of carbonyl (C=O) groups is 1. The van der Waals surface area contributed by atoms with Crippen molar-refractivity contribution in [1.82, 2.24) is 15.0 Å². The number of anilines is 3. The maximum atomic E-state index is 13.7. The average Bonchev–Trinajstić information content (AvgIpc) is 3.25. The van der Waals surface area contributed by atoms with E-state index in [1.54, 1.807) is 24.2 Å². The lowest BCUT2D eigenvalue weighted by atomic mass is 9.93. The number of aliphatic hydroxyl groups excluding tert-OH is 1. The fourth-order valence-corrected chi connectivity index (χ4v) is 4.15. The number of hydrogen-bond donors (Lipinski definition) is 3. The molecule has 2 aliphatic rings. The van der Waals surface area contributed by atoms with E-state index in [4.69, 9.17) is 0 Å². The normalized spacial score (nSPS) is 22.1. The summed E-state index contributed by atoms with van der Waals surface area (Å²) >= 11 is 0. The Bertz CT molecular complexity index is 917. The summed E-state index contributed by atoms with van der Waals surface area (Å²) in [5, 5.41) is 16.3. The molecule has 8 nitrogen and oxygen atoms in total. The molecule has 0 unspecified atom stereocenters. The van der Waals surface area contributed by atoms with E-state index in [9.17, 15) is 14.3 Å². The van der Waals surface area contributed by atoms with E-state index in [1.807, 2.05) is 12.1 Å². The molecule has 1 saturated carbocycles. The Morgan fingerprint density at radius 2 is 2.03 bits per heavy atom. The molecule has 4 rings (SSSR count). The molecule has 0 spiro atoms. The van der Waals surface area contributed by atoms with E-state index in [0.29, 0.717) is 30.3 Å². The number of alkyl halides is 1. The third kappa shape index (κ3) is 5.32. The SMILES string of the molecule is CC[C@H](F)CNc1ncc(-c2ccc(N3CCCC3=O)cn2)c(N[C@H]2CC[C@H](O)CC2)n1. The van der Waals surface area contributed by atoms with Crippen LogP contribution in [-0.2, 0) is 4.79 Å². The van der Waals surface area contributed by atoms with Crippen molar-refractivity contribution >= 4 is 23.4 Å². The summed E-state index contributed by atoms with van der Waals surface area (Å²) in [6.07, 6.45) is 7.26. The lowest BCUT2D eigenvalue weighted by molar-refractivity contribution is -0.117. The van der Waals surface area contributed by atoms with Gasteiger partial charge < -0.3 is 20.6 Å². The van der Waals surface area contributed by atoms with Crippen molar-refractivity contribution in [2.45, 2.75) is 70.2 Å². The van der Waals surface area contributed by atoms with Gasteiger partial charge in [0.1, 0.15) is 12.0 Å². The van der Waals surface area contributed by atoms with Crippen LogP contribution in [0.5, 0.6) is 0 Å². The molecule has 2 aromatic heterocycles. The second kappa shape index (κ2) is 10.2. The van der Waals surface area contributed by atoms with Crippen LogP contribution >= 0.6 is 0 Å². The van der Waals surface area contributed by atoms with Gasteiger partial charge in [-0.2, -0.15) is 4.98 Å². The highest BCUT2D eigenvalue weighted by atomic mass is 19.1. The van der Waals surface area contributed by atoms with Gasteiger partial charge in [-0.15, -0.1) is 0 Å². The maximum Gasteiger partial charge on any atom is 0.227 e. The summed E-state index contributed by atoms with van der Waals surface area (Å²) in [5.74, 6) is 1.12. The summed E-state index contributed by atoms with van der Waals surface area (Å²) in [7, 11) is 0. The highest BCUT2D eigenvalue weighted by Crippen LogP contribution is 2.30. The fourth-order valence-electron chi connectivity index (χ4n) is 4.15. The number of pyridine rings is 1. The second-order valence-electron chi connectivity index (χ2n) is 8.54. The molecule has 1 saturated heterocycles. The molecule has 2 fully saturated rings. The maximum absolute atomic E-state index is 13.7. The van der Waals surface area contributed by atoms with Gasteiger partial charge in [-0.3, -0.25) is 9.78 Å². The Labute approximate surface area is 187 Å². The first kappa shape index (κ1) is 22.4. The van der Waals surface area contributed by atoms with E-state index < -0.39 is 6.17 Å². The molecule has 0 radical (unpaired) electrons. The minimum absolute atomic E-state index is 0.124. The highest BCUT2D eigenvalue weighted by Gasteiger charge is 2.23. The number of carbonyl (C=O) groups excluding carboxylic acids is 1. The van der Waals surface area contributed by atoms with E-state index >= 15 is 0 Å². The summed E-state index contributed by atoms with van der Waals surface area (Å²) in [5.41, 5.74) is 2.23. The molecule has 9 heteroatoms. The molecular formula is C23H31FN6O2. The zero-order valence-corrected chi connectivity index (χ0v) is 18.4. The molecule has 0 bridgehead atoms. The standard InChI is InChI=1S/C23H31FN6O2/c1-2-15(24)12-26-23-27-14-19(22(29-23)28-16-5-8-18(31)9-6-16)20-10-7-17(13-25-20)30-11-3-4-21(30)32/h7,10,13-16,18,31H,2-6,8-9,11-12H2,1H3,(H2,26,27,28,29)/t15-,16-,18-/m0/s1. The molecule has 2 aromatic rings. The van der Waals surface area contributed by atoms with Crippen molar-refractivity contribution in [1.29, 1.82) is 0 Å². The van der Waals surface area contributed by atoms with Crippen molar-refractivity contribution in [3.8, 4) is 11.3 Å². The van der Waals surface area contributed by atoms with E-state index in [1.165, 1.54) is 0 Å². The van der Waals surface area contributed by atoms with Gasteiger partial charge >= 0.3 is 0 Å². The van der Waals surface area contributed by atoms with Crippen molar-refractivity contribution in [2.75, 3.05) is 28.6 Å². The van der Waals surface area contributed by atoms with Gasteiger partial charge in [-0.25, -0.2) is 9.37 Å². The molecule has 0 aromatic carbocycles. The minimum atomic E-state index is -0.961. The number of hydrogen-bond acceptors (Lipinski definition) is 7. The smallest absolute Gasteiger partial charge is 0.227 e. The first-order chi connectivity index (χ1) is 15.5. The average molecular weight is 443 g/mol. The Morgan fingerprint density at radius 1 is 1.22 bits per heavy atom. The summed E-state index contributed by atoms with van der Waals surface area (Å²) in [4.78, 5) is 27.3. The fraction of sp³-hybridized carbons (Fsp3) is 0.565. The van der Waals surface area contributed by atoms with Crippen molar-refractivity contribution in [3.63, 3.8) is 0 Å². The van der Waals surface area contributed by atoms with Crippen LogP contribution < -0.4 is 15.5 Å². The van der Waals surface area contributed by atoms with Gasteiger partial charge in [0, 0.05) is 31.7 Å². The van der Waals surface area contributed by atoms with Crippen molar-refractivity contribution in [3.05, 3.63) is 24.5 Å². The number of halogens is 1. The zero-order chi connectivity index (χ0) is 22.5. The molecule has 32 heavy (non-hydrogen) atoms. The number of nitrogens with one attached hydrogen (secondary N) is 2. The topological polar surface area (TPSA) is 103 Å². The van der Waals surface area contributed by atoms with Crippen LogP contribution in [0.15, 0.2) is 24.5 Å². The lowest BCUT2D eigenvalue weighted by Crippen LogP contribution is -2.29.